The summed E-state index contributed by atoms with van der Waals surface area (Å²) < 4.78 is 12.9. The Balaban J connectivity index is 1.26. The number of aromatic nitrogens is 2. The molecule has 1 amide bonds. The molecule has 1 fully saturated rings. The normalized spacial score (nSPS) is 16.8. The van der Waals surface area contributed by atoms with Crippen molar-refractivity contribution in [3.05, 3.63) is 72.1 Å². The van der Waals surface area contributed by atoms with Gasteiger partial charge >= 0.3 is 0 Å². The lowest BCUT2D eigenvalue weighted by molar-refractivity contribution is -0.128. The van der Waals surface area contributed by atoms with Crippen LogP contribution in [0.2, 0.25) is 0 Å². The number of benzene rings is 2. The Morgan fingerprint density at radius 1 is 1.03 bits per heavy atom. The maximum atomic E-state index is 13.4. The number of hydrogen-bond donors (Lipinski definition) is 1. The minimum atomic E-state index is -0.483. The van der Waals surface area contributed by atoms with E-state index in [1.54, 1.807) is 6.20 Å². The molecule has 1 N–H and O–H groups in total. The van der Waals surface area contributed by atoms with E-state index < -0.39 is 5.41 Å². The molecule has 160 valence electrons. The number of nitrogens with one attached hydrogen (secondary N) is 1. The van der Waals surface area contributed by atoms with Crippen LogP contribution in [0.3, 0.4) is 0 Å². The number of amides is 1. The lowest BCUT2D eigenvalue weighted by atomic mass is 9.68. The van der Waals surface area contributed by atoms with Crippen LogP contribution < -0.4 is 14.8 Å². The van der Waals surface area contributed by atoms with Gasteiger partial charge in [0.1, 0.15) is 0 Å². The van der Waals surface area contributed by atoms with Gasteiger partial charge in [0.2, 0.25) is 12.7 Å². The molecule has 1 saturated carbocycles. The second kappa shape index (κ2) is 8.46. The number of ether oxygens (including phenoxy) is 2. The first kappa shape index (κ1) is 19.7. The van der Waals surface area contributed by atoms with Crippen molar-refractivity contribution in [3.63, 3.8) is 0 Å². The summed E-state index contributed by atoms with van der Waals surface area (Å²) in [6.07, 6.45) is 9.55. The molecule has 0 radical (unpaired) electrons. The van der Waals surface area contributed by atoms with Crippen LogP contribution in [0.25, 0.3) is 5.69 Å². The summed E-state index contributed by atoms with van der Waals surface area (Å²) in [4.78, 5) is 13.4. The topological polar surface area (TPSA) is 65.4 Å². The zero-order chi connectivity index (χ0) is 21.1. The minimum absolute atomic E-state index is 0.124. The summed E-state index contributed by atoms with van der Waals surface area (Å²) in [5.74, 6) is 1.63. The van der Waals surface area contributed by atoms with Crippen LogP contribution in [0.5, 0.6) is 11.5 Å². The monoisotopic (exact) mass is 417 g/mol. The predicted octanol–water partition coefficient (Wildman–Crippen LogP) is 4.16. The first-order valence-electron chi connectivity index (χ1n) is 11.0. The first-order chi connectivity index (χ1) is 15.2. The highest BCUT2D eigenvalue weighted by Crippen LogP contribution is 2.43. The molecular weight excluding hydrogens is 390 g/mol. The number of carbonyl (C=O) groups excluding carboxylic acids is 1. The molecule has 2 aromatic carbocycles. The van der Waals surface area contributed by atoms with E-state index in [-0.39, 0.29) is 12.7 Å². The molecule has 0 spiro atoms. The molecule has 2 heterocycles. The molecule has 1 aromatic heterocycles. The largest absolute Gasteiger partial charge is 0.454 e. The maximum absolute atomic E-state index is 13.4. The van der Waals surface area contributed by atoms with Crippen molar-refractivity contribution in [3.8, 4) is 17.2 Å². The van der Waals surface area contributed by atoms with Gasteiger partial charge in [0.15, 0.2) is 11.5 Å². The maximum Gasteiger partial charge on any atom is 0.231 e. The summed E-state index contributed by atoms with van der Waals surface area (Å²) in [7, 11) is 0. The van der Waals surface area contributed by atoms with E-state index in [0.717, 1.165) is 54.9 Å². The summed E-state index contributed by atoms with van der Waals surface area (Å²) in [5, 5.41) is 7.48. The van der Waals surface area contributed by atoms with Gasteiger partial charge in [0.25, 0.3) is 0 Å². The van der Waals surface area contributed by atoms with E-state index in [2.05, 4.69) is 34.7 Å². The average molecular weight is 418 g/mol. The molecule has 1 aliphatic heterocycles. The van der Waals surface area contributed by atoms with Crippen molar-refractivity contribution < 1.29 is 14.3 Å². The van der Waals surface area contributed by atoms with E-state index in [0.29, 0.717) is 6.54 Å². The highest BCUT2D eigenvalue weighted by molar-refractivity contribution is 5.88. The Labute approximate surface area is 182 Å². The lowest BCUT2D eigenvalue weighted by Gasteiger charge is -2.36. The zero-order valence-corrected chi connectivity index (χ0v) is 17.5. The SMILES string of the molecule is O=C(NCCc1ccc(-n2cccn2)cc1)C1(c2ccc3c(c2)OCO3)CCCCC1. The molecule has 5 rings (SSSR count). The van der Waals surface area contributed by atoms with Crippen LogP contribution in [0.1, 0.15) is 43.2 Å². The molecule has 3 aromatic rings. The van der Waals surface area contributed by atoms with E-state index in [9.17, 15) is 4.79 Å². The van der Waals surface area contributed by atoms with Crippen molar-refractivity contribution >= 4 is 5.91 Å². The first-order valence-corrected chi connectivity index (χ1v) is 11.0. The number of hydrogen-bond acceptors (Lipinski definition) is 4. The Hall–Kier alpha value is -3.28. The molecule has 31 heavy (non-hydrogen) atoms. The highest BCUT2D eigenvalue weighted by atomic mass is 16.7. The van der Waals surface area contributed by atoms with Crippen molar-refractivity contribution in [1.82, 2.24) is 15.1 Å². The molecular formula is C25H27N3O3. The van der Waals surface area contributed by atoms with Gasteiger partial charge in [-0.25, -0.2) is 4.68 Å². The van der Waals surface area contributed by atoms with Gasteiger partial charge in [-0.2, -0.15) is 5.10 Å². The predicted molar refractivity (Wildman–Crippen MR) is 118 cm³/mol. The third kappa shape index (κ3) is 3.90. The smallest absolute Gasteiger partial charge is 0.231 e. The third-order valence-electron chi connectivity index (χ3n) is 6.47. The molecule has 6 nitrogen and oxygen atoms in total. The van der Waals surface area contributed by atoms with Crippen molar-refractivity contribution in [1.29, 1.82) is 0 Å². The number of nitrogens with zero attached hydrogens (tertiary/aromatic N) is 2. The van der Waals surface area contributed by atoms with Gasteiger partial charge in [-0.3, -0.25) is 4.79 Å². The van der Waals surface area contributed by atoms with Crippen molar-refractivity contribution in [2.45, 2.75) is 43.9 Å². The number of rotatable bonds is 6. The summed E-state index contributed by atoms with van der Waals surface area (Å²) in [6.45, 7) is 0.865. The molecule has 6 heteroatoms. The van der Waals surface area contributed by atoms with Crippen LogP contribution >= 0.6 is 0 Å². The van der Waals surface area contributed by atoms with E-state index >= 15 is 0 Å². The third-order valence-corrected chi connectivity index (χ3v) is 6.47. The quantitative estimate of drug-likeness (QED) is 0.654. The summed E-state index contributed by atoms with van der Waals surface area (Å²) in [5.41, 5.74) is 2.78. The lowest BCUT2D eigenvalue weighted by Crippen LogP contribution is -2.46. The zero-order valence-electron chi connectivity index (χ0n) is 17.5. The van der Waals surface area contributed by atoms with Crippen LogP contribution in [0.4, 0.5) is 0 Å². The van der Waals surface area contributed by atoms with Gasteiger partial charge < -0.3 is 14.8 Å². The van der Waals surface area contributed by atoms with E-state index in [4.69, 9.17) is 9.47 Å². The van der Waals surface area contributed by atoms with Crippen molar-refractivity contribution in [2.75, 3.05) is 13.3 Å². The molecule has 0 unspecified atom stereocenters. The fourth-order valence-electron chi connectivity index (χ4n) is 4.72. The fraction of sp³-hybridized carbons (Fsp3) is 0.360. The van der Waals surface area contributed by atoms with Crippen LogP contribution in [-0.2, 0) is 16.6 Å². The van der Waals surface area contributed by atoms with Gasteiger partial charge in [0, 0.05) is 18.9 Å². The minimum Gasteiger partial charge on any atom is -0.454 e. The molecule has 0 atom stereocenters. The average Bonchev–Trinajstić information content (AvgIpc) is 3.52. The molecule has 0 bridgehead atoms. The Morgan fingerprint density at radius 2 is 1.84 bits per heavy atom. The van der Waals surface area contributed by atoms with Gasteiger partial charge in [-0.15, -0.1) is 0 Å². The Morgan fingerprint density at radius 3 is 2.61 bits per heavy atom. The summed E-state index contributed by atoms with van der Waals surface area (Å²) >= 11 is 0. The van der Waals surface area contributed by atoms with Crippen LogP contribution in [-0.4, -0.2) is 29.0 Å². The van der Waals surface area contributed by atoms with Crippen LogP contribution in [0, 0.1) is 0 Å². The van der Waals surface area contributed by atoms with Gasteiger partial charge in [-0.05, 0) is 60.7 Å². The van der Waals surface area contributed by atoms with Crippen molar-refractivity contribution in [2.24, 2.45) is 0 Å². The van der Waals surface area contributed by atoms with Crippen LogP contribution in [0.15, 0.2) is 60.9 Å². The second-order valence-electron chi connectivity index (χ2n) is 8.33. The second-order valence-corrected chi connectivity index (χ2v) is 8.33. The Kier molecular flexibility index (Phi) is 5.37. The summed E-state index contributed by atoms with van der Waals surface area (Å²) in [6, 6.07) is 16.2. The number of carbonyl (C=O) groups is 1. The molecule has 0 saturated heterocycles. The molecule has 1 aliphatic carbocycles. The standard InChI is InChI=1S/C25H27N3O3/c29-24(26-15-11-19-5-8-21(9-6-19)28-16-4-14-27-28)25(12-2-1-3-13-25)20-7-10-22-23(17-20)31-18-30-22/h4-10,14,16-17H,1-3,11-13,15,18H2,(H,26,29). The Bertz CT molecular complexity index is 1040. The molecule has 2 aliphatic rings. The fourth-order valence-corrected chi connectivity index (χ4v) is 4.72. The van der Waals surface area contributed by atoms with Gasteiger partial charge in [-0.1, -0.05) is 37.5 Å². The van der Waals surface area contributed by atoms with Gasteiger partial charge in [0.05, 0.1) is 11.1 Å². The highest BCUT2D eigenvalue weighted by Gasteiger charge is 2.41. The van der Waals surface area contributed by atoms with E-state index in [1.165, 1.54) is 12.0 Å². The number of fused-ring (bicyclic) bond motifs is 1. The van der Waals surface area contributed by atoms with E-state index in [1.807, 2.05) is 35.1 Å².